The molecule has 0 saturated carbocycles. The van der Waals surface area contributed by atoms with Crippen molar-refractivity contribution in [2.75, 3.05) is 14.2 Å². The first-order chi connectivity index (χ1) is 17.9. The zero-order chi connectivity index (χ0) is 25.1. The summed E-state index contributed by atoms with van der Waals surface area (Å²) in [6, 6.07) is 35.6. The van der Waals surface area contributed by atoms with Gasteiger partial charge in [-0.3, -0.25) is 0 Å². The molecule has 0 fully saturated rings. The number of rotatable bonds is 2. The van der Waals surface area contributed by atoms with E-state index in [4.69, 9.17) is 10.2 Å². The Balaban J connectivity index is 0.000000613. The standard InChI is InChI=1S/C29H16NS2.2CH4O.Ir/c1-2-8-18(9-3-1)23-16-19(14-15-30-23)22-17-26-28(21-11-5-6-12-24(21)31-26)29-27(22)20-10-4-7-13-25(20)32-29;2*1-2;/h1-8,10-17H;2*2H,1H3;/q-1;;;. The molecule has 6 heteroatoms. The average Bonchev–Trinajstić information content (AvgIpc) is 3.54. The van der Waals surface area contributed by atoms with Gasteiger partial charge in [0, 0.05) is 80.9 Å². The van der Waals surface area contributed by atoms with Crippen molar-refractivity contribution in [1.82, 2.24) is 4.98 Å². The Morgan fingerprint density at radius 1 is 0.676 bits per heavy atom. The predicted molar refractivity (Wildman–Crippen MR) is 156 cm³/mol. The molecule has 0 unspecified atom stereocenters. The van der Waals surface area contributed by atoms with Crippen molar-refractivity contribution in [3.63, 3.8) is 0 Å². The number of fused-ring (bicyclic) bond motifs is 7. The molecule has 2 N–H and O–H groups in total. The Hall–Kier alpha value is -2.96. The van der Waals surface area contributed by atoms with Crippen LogP contribution in [-0.2, 0) is 20.1 Å². The molecule has 0 saturated heterocycles. The maximum atomic E-state index is 7.00. The second-order valence-corrected chi connectivity index (χ2v) is 10.0. The summed E-state index contributed by atoms with van der Waals surface area (Å²) in [4.78, 5) is 4.64. The van der Waals surface area contributed by atoms with Gasteiger partial charge in [-0.05, 0) is 41.1 Å². The molecule has 3 nitrogen and oxygen atoms in total. The molecule has 0 aliphatic carbocycles. The Kier molecular flexibility index (Phi) is 8.83. The molecule has 0 aliphatic rings. The van der Waals surface area contributed by atoms with Crippen LogP contribution in [0.1, 0.15) is 0 Å². The van der Waals surface area contributed by atoms with Crippen LogP contribution in [0.25, 0.3) is 62.7 Å². The summed E-state index contributed by atoms with van der Waals surface area (Å²) < 4.78 is 5.38. The van der Waals surface area contributed by atoms with E-state index in [0.29, 0.717) is 0 Å². The molecule has 3 aromatic heterocycles. The van der Waals surface area contributed by atoms with Gasteiger partial charge in [0.25, 0.3) is 0 Å². The van der Waals surface area contributed by atoms with Gasteiger partial charge in [0.15, 0.2) is 0 Å². The topological polar surface area (TPSA) is 53.4 Å². The molecule has 7 rings (SSSR count). The minimum absolute atomic E-state index is 0. The molecule has 4 aromatic carbocycles. The van der Waals surface area contributed by atoms with Gasteiger partial charge in [-0.2, -0.15) is 0 Å². The molecule has 0 atom stereocenters. The van der Waals surface area contributed by atoms with Gasteiger partial charge >= 0.3 is 0 Å². The Morgan fingerprint density at radius 2 is 1.32 bits per heavy atom. The number of aliphatic hydroxyl groups is 2. The van der Waals surface area contributed by atoms with Crippen molar-refractivity contribution in [1.29, 1.82) is 0 Å². The predicted octanol–water partition coefficient (Wildman–Crippen LogP) is 8.17. The number of pyridine rings is 1. The van der Waals surface area contributed by atoms with Crippen LogP contribution in [0.2, 0.25) is 0 Å². The van der Waals surface area contributed by atoms with Gasteiger partial charge in [0.05, 0.1) is 0 Å². The summed E-state index contributed by atoms with van der Waals surface area (Å²) in [5.74, 6) is 0. The molecule has 7 aromatic rings. The van der Waals surface area contributed by atoms with E-state index >= 15 is 0 Å². The first-order valence-electron chi connectivity index (χ1n) is 11.5. The number of hydrogen-bond acceptors (Lipinski definition) is 5. The normalized spacial score (nSPS) is 10.5. The van der Waals surface area contributed by atoms with E-state index < -0.39 is 0 Å². The molecular weight excluding hydrogens is 675 g/mol. The monoisotopic (exact) mass is 699 g/mol. The summed E-state index contributed by atoms with van der Waals surface area (Å²) in [6.07, 6.45) is 1.92. The molecule has 0 spiro atoms. The van der Waals surface area contributed by atoms with Gasteiger partial charge < -0.3 is 15.2 Å². The third kappa shape index (κ3) is 4.85. The number of nitrogens with zero attached hydrogens (tertiary/aromatic N) is 1. The molecule has 3 heterocycles. The minimum Gasteiger partial charge on any atom is -0.400 e. The summed E-state index contributed by atoms with van der Waals surface area (Å²) in [5, 5.41) is 19.4. The van der Waals surface area contributed by atoms with Crippen molar-refractivity contribution in [3.05, 3.63) is 103 Å². The van der Waals surface area contributed by atoms with Crippen molar-refractivity contribution in [2.24, 2.45) is 0 Å². The largest absolute Gasteiger partial charge is 0.400 e. The van der Waals surface area contributed by atoms with Crippen molar-refractivity contribution in [3.8, 4) is 22.4 Å². The molecule has 0 amide bonds. The van der Waals surface area contributed by atoms with Crippen molar-refractivity contribution >= 4 is 63.0 Å². The Labute approximate surface area is 237 Å². The average molecular weight is 699 g/mol. The van der Waals surface area contributed by atoms with Gasteiger partial charge in [-0.25, -0.2) is 0 Å². The van der Waals surface area contributed by atoms with Crippen molar-refractivity contribution < 1.29 is 30.3 Å². The minimum atomic E-state index is 0. The van der Waals surface area contributed by atoms with Crippen LogP contribution in [0, 0.1) is 6.07 Å². The Morgan fingerprint density at radius 3 is 2.03 bits per heavy atom. The quantitative estimate of drug-likeness (QED) is 0.179. The second-order valence-electron chi connectivity index (χ2n) is 7.90. The zero-order valence-corrected chi connectivity index (χ0v) is 24.3. The maximum absolute atomic E-state index is 7.00. The molecular formula is C31H24IrNO2S2-. The summed E-state index contributed by atoms with van der Waals surface area (Å²) in [5.41, 5.74) is 4.44. The number of aliphatic hydroxyl groups excluding tert-OH is 2. The molecule has 0 bridgehead atoms. The van der Waals surface area contributed by atoms with E-state index in [1.165, 1.54) is 51.5 Å². The summed E-state index contributed by atoms with van der Waals surface area (Å²) in [6.45, 7) is 0. The molecule has 37 heavy (non-hydrogen) atoms. The molecule has 187 valence electrons. The third-order valence-electron chi connectivity index (χ3n) is 6.05. The smallest absolute Gasteiger partial charge is 0.0454 e. The first kappa shape index (κ1) is 27.1. The van der Waals surface area contributed by atoms with E-state index in [0.717, 1.165) is 25.5 Å². The Bertz CT molecular complexity index is 1790. The van der Waals surface area contributed by atoms with Gasteiger partial charge in [-0.15, -0.1) is 58.6 Å². The number of benzene rings is 4. The fourth-order valence-electron chi connectivity index (χ4n) is 4.62. The van der Waals surface area contributed by atoms with E-state index in [2.05, 4.69) is 83.8 Å². The molecule has 0 aliphatic heterocycles. The van der Waals surface area contributed by atoms with Crippen LogP contribution in [0.5, 0.6) is 0 Å². The van der Waals surface area contributed by atoms with Crippen LogP contribution in [-0.4, -0.2) is 29.4 Å². The van der Waals surface area contributed by atoms with Crippen LogP contribution in [0.15, 0.2) is 97.2 Å². The summed E-state index contributed by atoms with van der Waals surface area (Å²) >= 11 is 3.79. The maximum Gasteiger partial charge on any atom is 0.0454 e. The third-order valence-corrected chi connectivity index (χ3v) is 8.35. The van der Waals surface area contributed by atoms with E-state index in [-0.39, 0.29) is 20.1 Å². The van der Waals surface area contributed by atoms with E-state index in [1.54, 1.807) is 0 Å². The SMILES string of the molecule is CO.CO.[Ir].[c-]1ccccc1-c1cc(-c2cc3sc4ccccc4c3c3sc4ccccc4c23)ccn1. The van der Waals surface area contributed by atoms with Crippen LogP contribution in [0.3, 0.4) is 0 Å². The number of hydrogen-bond donors (Lipinski definition) is 2. The van der Waals surface area contributed by atoms with Crippen LogP contribution >= 0.6 is 22.7 Å². The first-order valence-corrected chi connectivity index (χ1v) is 13.1. The van der Waals surface area contributed by atoms with Crippen LogP contribution < -0.4 is 0 Å². The van der Waals surface area contributed by atoms with Gasteiger partial charge in [0.2, 0.25) is 0 Å². The van der Waals surface area contributed by atoms with Gasteiger partial charge in [0.1, 0.15) is 0 Å². The fourth-order valence-corrected chi connectivity index (χ4v) is 7.13. The van der Waals surface area contributed by atoms with Gasteiger partial charge in [-0.1, -0.05) is 42.5 Å². The van der Waals surface area contributed by atoms with Crippen LogP contribution in [0.4, 0.5) is 0 Å². The van der Waals surface area contributed by atoms with E-state index in [1.807, 2.05) is 47.1 Å². The molecule has 1 radical (unpaired) electrons. The zero-order valence-electron chi connectivity index (χ0n) is 20.2. The fraction of sp³-hybridized carbons (Fsp3) is 0.0645. The van der Waals surface area contributed by atoms with E-state index in [9.17, 15) is 0 Å². The second kappa shape index (κ2) is 12.1. The summed E-state index contributed by atoms with van der Waals surface area (Å²) in [7, 11) is 2.00. The van der Waals surface area contributed by atoms with Crippen molar-refractivity contribution in [2.45, 2.75) is 0 Å². The number of thiophene rings is 2. The number of aromatic nitrogens is 1.